The minimum atomic E-state index is 0.628. The molecule has 2 N–H and O–H groups in total. The highest BCUT2D eigenvalue weighted by atomic mass is 35.5. The van der Waals surface area contributed by atoms with Crippen LogP contribution in [0.3, 0.4) is 0 Å². The monoisotopic (exact) mass is 371 g/mol. The molecule has 2 aromatic heterocycles. The third-order valence-electron chi connectivity index (χ3n) is 4.39. The Bertz CT molecular complexity index is 1280. The lowest BCUT2D eigenvalue weighted by atomic mass is 10.1. The van der Waals surface area contributed by atoms with Crippen LogP contribution >= 0.6 is 11.6 Å². The number of rotatable bonds is 3. The number of H-pyrrole nitrogens is 1. The SMILES string of the molecule is Clc1cccc(-c2nc(Nc3ccc4[nH]ncc4c3)c3ccccc3n2)c1. The van der Waals surface area contributed by atoms with Gasteiger partial charge in [0, 0.05) is 27.0 Å². The fraction of sp³-hybridized carbons (Fsp3) is 0. The second-order valence-electron chi connectivity index (χ2n) is 6.22. The van der Waals surface area contributed by atoms with Gasteiger partial charge in [-0.1, -0.05) is 35.9 Å². The third-order valence-corrected chi connectivity index (χ3v) is 4.62. The quantitative estimate of drug-likeness (QED) is 0.435. The van der Waals surface area contributed by atoms with Crippen LogP contribution in [0, 0.1) is 0 Å². The number of hydrogen-bond donors (Lipinski definition) is 2. The molecular formula is C21H14ClN5. The van der Waals surface area contributed by atoms with E-state index >= 15 is 0 Å². The highest BCUT2D eigenvalue weighted by Crippen LogP contribution is 2.29. The smallest absolute Gasteiger partial charge is 0.162 e. The zero-order valence-corrected chi connectivity index (χ0v) is 14.9. The molecule has 2 heterocycles. The molecule has 3 aromatic carbocycles. The first kappa shape index (κ1) is 15.8. The van der Waals surface area contributed by atoms with Gasteiger partial charge in [0.1, 0.15) is 5.82 Å². The molecule has 0 saturated carbocycles. The molecule has 0 fully saturated rings. The van der Waals surface area contributed by atoms with Gasteiger partial charge in [-0.15, -0.1) is 0 Å². The minimum Gasteiger partial charge on any atom is -0.340 e. The van der Waals surface area contributed by atoms with Gasteiger partial charge in [-0.3, -0.25) is 5.10 Å². The molecule has 5 aromatic rings. The summed E-state index contributed by atoms with van der Waals surface area (Å²) in [6.45, 7) is 0. The van der Waals surface area contributed by atoms with Crippen LogP contribution in [0.1, 0.15) is 0 Å². The number of halogens is 1. The molecule has 0 saturated heterocycles. The van der Waals surface area contributed by atoms with Gasteiger partial charge >= 0.3 is 0 Å². The van der Waals surface area contributed by atoms with Crippen molar-refractivity contribution >= 4 is 44.9 Å². The van der Waals surface area contributed by atoms with E-state index in [0.717, 1.165) is 38.9 Å². The number of hydrogen-bond acceptors (Lipinski definition) is 4. The average Bonchev–Trinajstić information content (AvgIpc) is 3.16. The van der Waals surface area contributed by atoms with Gasteiger partial charge in [0.2, 0.25) is 0 Å². The van der Waals surface area contributed by atoms with Crippen molar-refractivity contribution in [3.05, 3.63) is 77.9 Å². The fourth-order valence-corrected chi connectivity index (χ4v) is 3.28. The Balaban J connectivity index is 1.65. The Hall–Kier alpha value is -3.44. The fourth-order valence-electron chi connectivity index (χ4n) is 3.09. The lowest BCUT2D eigenvalue weighted by Gasteiger charge is -2.11. The van der Waals surface area contributed by atoms with Gasteiger partial charge in [0.15, 0.2) is 5.82 Å². The summed E-state index contributed by atoms with van der Waals surface area (Å²) in [5.74, 6) is 1.38. The van der Waals surface area contributed by atoms with E-state index in [2.05, 4.69) is 15.5 Å². The van der Waals surface area contributed by atoms with Crippen molar-refractivity contribution in [3.63, 3.8) is 0 Å². The van der Waals surface area contributed by atoms with Crippen molar-refractivity contribution in [3.8, 4) is 11.4 Å². The molecular weight excluding hydrogens is 358 g/mol. The maximum Gasteiger partial charge on any atom is 0.162 e. The average molecular weight is 372 g/mol. The van der Waals surface area contributed by atoms with Crippen LogP contribution < -0.4 is 5.32 Å². The number of anilines is 2. The summed E-state index contributed by atoms with van der Waals surface area (Å²) in [4.78, 5) is 9.48. The van der Waals surface area contributed by atoms with Crippen molar-refractivity contribution in [2.45, 2.75) is 0 Å². The van der Waals surface area contributed by atoms with Crippen LogP contribution in [0.4, 0.5) is 11.5 Å². The molecule has 0 aliphatic heterocycles. The lowest BCUT2D eigenvalue weighted by molar-refractivity contribution is 1.12. The zero-order valence-electron chi connectivity index (χ0n) is 14.1. The highest BCUT2D eigenvalue weighted by Gasteiger charge is 2.10. The summed E-state index contributed by atoms with van der Waals surface area (Å²) in [5.41, 5.74) is 3.67. The van der Waals surface area contributed by atoms with Crippen molar-refractivity contribution in [2.75, 3.05) is 5.32 Å². The molecule has 0 radical (unpaired) electrons. The lowest BCUT2D eigenvalue weighted by Crippen LogP contribution is -1.99. The van der Waals surface area contributed by atoms with Gasteiger partial charge in [0.05, 0.1) is 17.2 Å². The molecule has 0 amide bonds. The Morgan fingerprint density at radius 2 is 1.81 bits per heavy atom. The summed E-state index contributed by atoms with van der Waals surface area (Å²) in [6, 6.07) is 21.5. The standard InChI is InChI=1S/C21H14ClN5/c22-15-5-3-4-13(10-15)20-25-19-7-2-1-6-17(19)21(26-20)24-16-8-9-18-14(11-16)12-23-27-18/h1-12H,(H,23,27)(H,24,25,26). The topological polar surface area (TPSA) is 66.5 Å². The third kappa shape index (κ3) is 2.98. The van der Waals surface area contributed by atoms with E-state index < -0.39 is 0 Å². The molecule has 27 heavy (non-hydrogen) atoms. The zero-order chi connectivity index (χ0) is 18.2. The first-order valence-electron chi connectivity index (χ1n) is 8.49. The van der Waals surface area contributed by atoms with Crippen LogP contribution in [0.25, 0.3) is 33.2 Å². The van der Waals surface area contributed by atoms with Gasteiger partial charge in [-0.05, 0) is 42.5 Å². The number of aromatic amines is 1. The van der Waals surface area contributed by atoms with E-state index in [9.17, 15) is 0 Å². The number of nitrogens with zero attached hydrogens (tertiary/aromatic N) is 3. The van der Waals surface area contributed by atoms with Crippen LogP contribution in [-0.4, -0.2) is 20.2 Å². The number of para-hydroxylation sites is 1. The van der Waals surface area contributed by atoms with Gasteiger partial charge in [-0.25, -0.2) is 9.97 Å². The predicted molar refractivity (Wildman–Crippen MR) is 109 cm³/mol. The van der Waals surface area contributed by atoms with Gasteiger partial charge < -0.3 is 5.32 Å². The van der Waals surface area contributed by atoms with Crippen molar-refractivity contribution in [1.82, 2.24) is 20.2 Å². The number of aromatic nitrogens is 4. The molecule has 130 valence electrons. The predicted octanol–water partition coefficient (Wildman–Crippen LogP) is 5.57. The molecule has 0 aliphatic rings. The maximum atomic E-state index is 6.15. The summed E-state index contributed by atoms with van der Waals surface area (Å²) in [6.07, 6.45) is 1.80. The van der Waals surface area contributed by atoms with Crippen molar-refractivity contribution in [1.29, 1.82) is 0 Å². The van der Waals surface area contributed by atoms with Crippen LogP contribution in [0.15, 0.2) is 72.9 Å². The molecule has 5 nitrogen and oxygen atoms in total. The first-order valence-corrected chi connectivity index (χ1v) is 8.87. The van der Waals surface area contributed by atoms with E-state index in [-0.39, 0.29) is 0 Å². The van der Waals surface area contributed by atoms with E-state index in [0.29, 0.717) is 10.8 Å². The Morgan fingerprint density at radius 1 is 0.889 bits per heavy atom. The van der Waals surface area contributed by atoms with Gasteiger partial charge in [0.25, 0.3) is 0 Å². The molecule has 6 heteroatoms. The highest BCUT2D eigenvalue weighted by molar-refractivity contribution is 6.30. The summed E-state index contributed by atoms with van der Waals surface area (Å²) in [7, 11) is 0. The van der Waals surface area contributed by atoms with Crippen molar-refractivity contribution in [2.24, 2.45) is 0 Å². The number of fused-ring (bicyclic) bond motifs is 2. The normalized spacial score (nSPS) is 11.1. The molecule has 0 aliphatic carbocycles. The number of nitrogens with one attached hydrogen (secondary N) is 2. The van der Waals surface area contributed by atoms with Crippen molar-refractivity contribution < 1.29 is 0 Å². The molecule has 5 rings (SSSR count). The number of benzene rings is 3. The van der Waals surface area contributed by atoms with Gasteiger partial charge in [-0.2, -0.15) is 5.10 Å². The molecule has 0 bridgehead atoms. The van der Waals surface area contributed by atoms with E-state index in [1.54, 1.807) is 6.20 Å². The van der Waals surface area contributed by atoms with Crippen LogP contribution in [0.2, 0.25) is 5.02 Å². The molecule has 0 unspecified atom stereocenters. The largest absolute Gasteiger partial charge is 0.340 e. The Labute approximate surface area is 160 Å². The molecule has 0 atom stereocenters. The summed E-state index contributed by atoms with van der Waals surface area (Å²) in [5, 5.41) is 13.1. The minimum absolute atomic E-state index is 0.628. The van der Waals surface area contributed by atoms with Crippen LogP contribution in [-0.2, 0) is 0 Å². The maximum absolute atomic E-state index is 6.15. The Morgan fingerprint density at radius 3 is 2.74 bits per heavy atom. The molecule has 0 spiro atoms. The van der Waals surface area contributed by atoms with Crippen LogP contribution in [0.5, 0.6) is 0 Å². The van der Waals surface area contributed by atoms with E-state index in [1.807, 2.05) is 66.7 Å². The first-order chi connectivity index (χ1) is 13.3. The second kappa shape index (κ2) is 6.37. The van der Waals surface area contributed by atoms with E-state index in [4.69, 9.17) is 21.6 Å². The summed E-state index contributed by atoms with van der Waals surface area (Å²) >= 11 is 6.15. The Kier molecular flexibility index (Phi) is 3.73. The second-order valence-corrected chi connectivity index (χ2v) is 6.66. The van der Waals surface area contributed by atoms with E-state index in [1.165, 1.54) is 0 Å². The summed E-state index contributed by atoms with van der Waals surface area (Å²) < 4.78 is 0.